The number of carbonyl (C=O) groups excluding carboxylic acids is 1. The highest BCUT2D eigenvalue weighted by atomic mass is 16.5. The lowest BCUT2D eigenvalue weighted by Gasteiger charge is -2.37. The van der Waals surface area contributed by atoms with Gasteiger partial charge in [0, 0.05) is 50.4 Å². The lowest BCUT2D eigenvalue weighted by molar-refractivity contribution is -0.140. The summed E-state index contributed by atoms with van der Waals surface area (Å²) < 4.78 is 7.29. The molecule has 0 aromatic carbocycles. The Morgan fingerprint density at radius 2 is 2.00 bits per heavy atom. The normalized spacial score (nSPS) is 21.7. The molecule has 0 radical (unpaired) electrons. The van der Waals surface area contributed by atoms with Crippen LogP contribution in [0.2, 0.25) is 0 Å². The average Bonchev–Trinajstić information content (AvgIpc) is 3.42. The molecule has 148 valence electrons. The SMILES string of the molecule is CC[C@H](C(=O)N1CCc2c(c(C(=O)O)nn2CC2CC2)C1)N1CCOCC1. The number of hydrogen-bond donors (Lipinski definition) is 1. The molecule has 1 aromatic heterocycles. The summed E-state index contributed by atoms with van der Waals surface area (Å²) in [5.74, 6) is -0.284. The molecule has 1 saturated carbocycles. The van der Waals surface area contributed by atoms with Crippen molar-refractivity contribution in [1.82, 2.24) is 19.6 Å². The van der Waals surface area contributed by atoms with E-state index < -0.39 is 5.97 Å². The molecule has 3 aliphatic rings. The molecule has 1 saturated heterocycles. The highest BCUT2D eigenvalue weighted by Gasteiger charge is 2.35. The summed E-state index contributed by atoms with van der Waals surface area (Å²) in [6.45, 7) is 6.66. The van der Waals surface area contributed by atoms with Crippen LogP contribution in [0.4, 0.5) is 0 Å². The summed E-state index contributed by atoms with van der Waals surface area (Å²) >= 11 is 0. The largest absolute Gasteiger partial charge is 0.476 e. The lowest BCUT2D eigenvalue weighted by atomic mass is 10.0. The van der Waals surface area contributed by atoms with Crippen molar-refractivity contribution in [2.45, 2.75) is 51.7 Å². The van der Waals surface area contributed by atoms with Crippen LogP contribution in [0.3, 0.4) is 0 Å². The van der Waals surface area contributed by atoms with Crippen molar-refractivity contribution in [3.05, 3.63) is 17.0 Å². The van der Waals surface area contributed by atoms with E-state index in [1.807, 2.05) is 16.5 Å². The number of carbonyl (C=O) groups is 2. The molecule has 1 aromatic rings. The summed E-state index contributed by atoms with van der Waals surface area (Å²) in [4.78, 5) is 28.9. The van der Waals surface area contributed by atoms with Crippen LogP contribution in [0, 0.1) is 5.92 Å². The molecule has 1 atom stereocenters. The van der Waals surface area contributed by atoms with Crippen LogP contribution in [0.1, 0.15) is 47.9 Å². The van der Waals surface area contributed by atoms with Gasteiger partial charge < -0.3 is 14.7 Å². The van der Waals surface area contributed by atoms with E-state index >= 15 is 0 Å². The summed E-state index contributed by atoms with van der Waals surface area (Å²) in [5.41, 5.74) is 1.84. The number of carboxylic acids is 1. The molecule has 8 nitrogen and oxygen atoms in total. The standard InChI is InChI=1S/C19H28N4O4/c1-2-15(21-7-9-27-10-8-21)18(24)22-6-5-16-14(12-22)17(19(25)26)20-23(16)11-13-3-4-13/h13,15H,2-12H2,1H3,(H,25,26)/t15-/m1/s1. The van der Waals surface area contributed by atoms with E-state index in [-0.39, 0.29) is 17.6 Å². The van der Waals surface area contributed by atoms with Gasteiger partial charge in [-0.3, -0.25) is 14.4 Å². The molecule has 1 aliphatic carbocycles. The molecular formula is C19H28N4O4. The minimum atomic E-state index is -1.00. The first-order valence-electron chi connectivity index (χ1n) is 10.0. The van der Waals surface area contributed by atoms with E-state index in [1.54, 1.807) is 0 Å². The Bertz CT molecular complexity index is 722. The van der Waals surface area contributed by atoms with Gasteiger partial charge in [0.15, 0.2) is 5.69 Å². The van der Waals surface area contributed by atoms with Gasteiger partial charge in [0.1, 0.15) is 0 Å². The van der Waals surface area contributed by atoms with E-state index in [0.29, 0.717) is 38.6 Å². The maximum atomic E-state index is 13.2. The maximum Gasteiger partial charge on any atom is 0.356 e. The molecule has 27 heavy (non-hydrogen) atoms. The highest BCUT2D eigenvalue weighted by molar-refractivity contribution is 5.88. The molecule has 1 N–H and O–H groups in total. The van der Waals surface area contributed by atoms with Crippen molar-refractivity contribution >= 4 is 11.9 Å². The van der Waals surface area contributed by atoms with Gasteiger partial charge in [-0.2, -0.15) is 5.10 Å². The second-order valence-corrected chi connectivity index (χ2v) is 7.79. The first-order valence-corrected chi connectivity index (χ1v) is 10.0. The predicted octanol–water partition coefficient (Wildman–Crippen LogP) is 0.987. The topological polar surface area (TPSA) is 87.9 Å². The molecule has 1 amide bonds. The number of fused-ring (bicyclic) bond motifs is 1. The quantitative estimate of drug-likeness (QED) is 0.797. The Balaban J connectivity index is 1.53. The molecule has 3 heterocycles. The lowest BCUT2D eigenvalue weighted by Crippen LogP contribution is -2.52. The third kappa shape index (κ3) is 3.73. The Hall–Kier alpha value is -1.93. The smallest absolute Gasteiger partial charge is 0.356 e. The summed E-state index contributed by atoms with van der Waals surface area (Å²) in [6.07, 6.45) is 3.81. The minimum absolute atomic E-state index is 0.0938. The number of ether oxygens (including phenoxy) is 1. The number of aromatic nitrogens is 2. The van der Waals surface area contributed by atoms with Gasteiger partial charge in [0.2, 0.25) is 5.91 Å². The van der Waals surface area contributed by atoms with E-state index in [9.17, 15) is 14.7 Å². The Morgan fingerprint density at radius 1 is 1.26 bits per heavy atom. The molecular weight excluding hydrogens is 348 g/mol. The number of hydrogen-bond acceptors (Lipinski definition) is 5. The second kappa shape index (κ2) is 7.59. The van der Waals surface area contributed by atoms with E-state index in [1.165, 1.54) is 12.8 Å². The van der Waals surface area contributed by atoms with Gasteiger partial charge >= 0.3 is 5.97 Å². The minimum Gasteiger partial charge on any atom is -0.476 e. The number of aromatic carboxylic acids is 1. The van der Waals surface area contributed by atoms with Crippen molar-refractivity contribution in [3.63, 3.8) is 0 Å². The van der Waals surface area contributed by atoms with Gasteiger partial charge in [-0.25, -0.2) is 4.79 Å². The number of morpholine rings is 1. The Morgan fingerprint density at radius 3 is 2.63 bits per heavy atom. The molecule has 2 aliphatic heterocycles. The van der Waals surface area contributed by atoms with Crippen LogP contribution in [-0.4, -0.2) is 75.5 Å². The second-order valence-electron chi connectivity index (χ2n) is 7.79. The summed E-state index contributed by atoms with van der Waals surface area (Å²) in [6, 6.07) is -0.162. The fourth-order valence-electron chi connectivity index (χ4n) is 4.24. The fourth-order valence-corrected chi connectivity index (χ4v) is 4.24. The van der Waals surface area contributed by atoms with Crippen molar-refractivity contribution in [2.24, 2.45) is 5.92 Å². The van der Waals surface area contributed by atoms with Crippen LogP contribution in [0.25, 0.3) is 0 Å². The van der Waals surface area contributed by atoms with Crippen molar-refractivity contribution in [1.29, 1.82) is 0 Å². The van der Waals surface area contributed by atoms with E-state index in [2.05, 4.69) is 10.00 Å². The molecule has 0 bridgehead atoms. The number of carboxylic acid groups (broad SMARTS) is 1. The van der Waals surface area contributed by atoms with E-state index in [4.69, 9.17) is 4.74 Å². The van der Waals surface area contributed by atoms with Crippen molar-refractivity contribution < 1.29 is 19.4 Å². The van der Waals surface area contributed by atoms with Gasteiger partial charge in [-0.15, -0.1) is 0 Å². The number of nitrogens with zero attached hydrogens (tertiary/aromatic N) is 4. The predicted molar refractivity (Wildman–Crippen MR) is 97.5 cm³/mol. The van der Waals surface area contributed by atoms with Crippen molar-refractivity contribution in [3.8, 4) is 0 Å². The third-order valence-corrected chi connectivity index (χ3v) is 5.93. The maximum absolute atomic E-state index is 13.2. The van der Waals surface area contributed by atoms with Gasteiger partial charge in [-0.05, 0) is 25.2 Å². The summed E-state index contributed by atoms with van der Waals surface area (Å²) in [5, 5.41) is 14.0. The zero-order valence-electron chi connectivity index (χ0n) is 15.9. The van der Waals surface area contributed by atoms with Crippen LogP contribution in [-0.2, 0) is 29.0 Å². The Labute approximate surface area is 159 Å². The van der Waals surface area contributed by atoms with Gasteiger partial charge in [-0.1, -0.05) is 6.92 Å². The first kappa shape index (κ1) is 18.4. The van der Waals surface area contributed by atoms with Crippen LogP contribution in [0.15, 0.2) is 0 Å². The monoisotopic (exact) mass is 376 g/mol. The molecule has 0 spiro atoms. The molecule has 2 fully saturated rings. The molecule has 4 rings (SSSR count). The first-order chi connectivity index (χ1) is 13.1. The zero-order chi connectivity index (χ0) is 19.0. The summed E-state index contributed by atoms with van der Waals surface area (Å²) in [7, 11) is 0. The van der Waals surface area contributed by atoms with E-state index in [0.717, 1.165) is 37.3 Å². The zero-order valence-corrected chi connectivity index (χ0v) is 15.9. The number of amides is 1. The van der Waals surface area contributed by atoms with Crippen molar-refractivity contribution in [2.75, 3.05) is 32.8 Å². The van der Waals surface area contributed by atoms with Crippen LogP contribution < -0.4 is 0 Å². The number of rotatable bonds is 6. The van der Waals surface area contributed by atoms with Gasteiger partial charge in [0.25, 0.3) is 0 Å². The van der Waals surface area contributed by atoms with Gasteiger partial charge in [0.05, 0.1) is 19.3 Å². The Kier molecular flexibility index (Phi) is 5.19. The van der Waals surface area contributed by atoms with Crippen LogP contribution in [0.5, 0.6) is 0 Å². The fraction of sp³-hybridized carbons (Fsp3) is 0.737. The molecule has 8 heteroatoms. The highest BCUT2D eigenvalue weighted by Crippen LogP contribution is 2.33. The average molecular weight is 376 g/mol. The molecule has 0 unspecified atom stereocenters. The third-order valence-electron chi connectivity index (χ3n) is 5.93. The van der Waals surface area contributed by atoms with Crippen LogP contribution >= 0.6 is 0 Å².